The van der Waals surface area contributed by atoms with Gasteiger partial charge in [-0.05, 0) is 51.3 Å². The SMILES string of the molecule is N#C/C(=C\c1ccc(OCc2ccccc2)c(Br)c1)C(=O)Nc1cc([N+](=O)[O-])ccc1Cl. The summed E-state index contributed by atoms with van der Waals surface area (Å²) in [7, 11) is 0. The van der Waals surface area contributed by atoms with E-state index in [1.54, 1.807) is 18.2 Å². The summed E-state index contributed by atoms with van der Waals surface area (Å²) in [6.45, 7) is 0.393. The molecule has 0 radical (unpaired) electrons. The molecule has 0 atom stereocenters. The molecular weight excluding hydrogens is 498 g/mol. The molecule has 0 aliphatic carbocycles. The van der Waals surface area contributed by atoms with E-state index in [9.17, 15) is 20.2 Å². The average Bonchev–Trinajstić information content (AvgIpc) is 2.78. The van der Waals surface area contributed by atoms with Crippen molar-refractivity contribution in [1.29, 1.82) is 5.26 Å². The first kappa shape index (κ1) is 23.0. The molecule has 9 heteroatoms. The summed E-state index contributed by atoms with van der Waals surface area (Å²) >= 11 is 9.44. The molecule has 0 spiro atoms. The Bertz CT molecular complexity index is 1240. The minimum absolute atomic E-state index is 0.0397. The van der Waals surface area contributed by atoms with Crippen LogP contribution in [0.2, 0.25) is 5.02 Å². The topological polar surface area (TPSA) is 105 Å². The van der Waals surface area contributed by atoms with Crippen molar-refractivity contribution in [2.75, 3.05) is 5.32 Å². The Kier molecular flexibility index (Phi) is 7.60. The number of carbonyl (C=O) groups excluding carboxylic acids is 1. The Morgan fingerprint density at radius 1 is 1.19 bits per heavy atom. The zero-order valence-corrected chi connectivity index (χ0v) is 18.8. The largest absolute Gasteiger partial charge is 0.488 e. The number of amides is 1. The van der Waals surface area contributed by atoms with E-state index in [0.717, 1.165) is 11.6 Å². The number of nitro benzene ring substituents is 1. The standard InChI is InChI=1S/C23H15BrClN3O4/c24-19-11-16(6-9-22(19)32-14-15-4-2-1-3-5-15)10-17(13-26)23(29)27-21-12-18(28(30)31)7-8-20(21)25/h1-12H,14H2,(H,27,29)/b17-10+. The Labute approximate surface area is 197 Å². The minimum atomic E-state index is -0.740. The number of hydrogen-bond donors (Lipinski definition) is 1. The van der Waals surface area contributed by atoms with Gasteiger partial charge in [0.25, 0.3) is 11.6 Å². The van der Waals surface area contributed by atoms with Gasteiger partial charge < -0.3 is 10.1 Å². The molecule has 160 valence electrons. The molecule has 3 rings (SSSR count). The number of carbonyl (C=O) groups is 1. The van der Waals surface area contributed by atoms with Gasteiger partial charge in [-0.1, -0.05) is 48.0 Å². The van der Waals surface area contributed by atoms with Crippen molar-refractivity contribution in [3.63, 3.8) is 0 Å². The Morgan fingerprint density at radius 2 is 1.94 bits per heavy atom. The fraction of sp³-hybridized carbons (Fsp3) is 0.0435. The van der Waals surface area contributed by atoms with Crippen molar-refractivity contribution >= 4 is 50.9 Å². The molecule has 7 nitrogen and oxygen atoms in total. The second-order valence-electron chi connectivity index (χ2n) is 6.51. The van der Waals surface area contributed by atoms with Gasteiger partial charge in [0.05, 0.1) is 20.1 Å². The van der Waals surface area contributed by atoms with E-state index in [1.807, 2.05) is 36.4 Å². The molecule has 0 unspecified atom stereocenters. The summed E-state index contributed by atoms with van der Waals surface area (Å²) in [6, 6.07) is 20.3. The van der Waals surface area contributed by atoms with E-state index in [1.165, 1.54) is 18.2 Å². The number of nitrogens with one attached hydrogen (secondary N) is 1. The lowest BCUT2D eigenvalue weighted by molar-refractivity contribution is -0.384. The maximum atomic E-state index is 12.5. The molecule has 1 amide bonds. The van der Waals surface area contributed by atoms with E-state index >= 15 is 0 Å². The molecular formula is C23H15BrClN3O4. The van der Waals surface area contributed by atoms with Gasteiger partial charge in [0.15, 0.2) is 0 Å². The first-order valence-corrected chi connectivity index (χ1v) is 10.4. The number of ether oxygens (including phenoxy) is 1. The first-order chi connectivity index (χ1) is 15.4. The van der Waals surface area contributed by atoms with Crippen LogP contribution in [0.4, 0.5) is 11.4 Å². The molecule has 0 heterocycles. The van der Waals surface area contributed by atoms with Gasteiger partial charge in [0.1, 0.15) is 24.0 Å². The van der Waals surface area contributed by atoms with E-state index in [0.29, 0.717) is 22.4 Å². The molecule has 3 aromatic rings. The highest BCUT2D eigenvalue weighted by Crippen LogP contribution is 2.29. The number of benzene rings is 3. The smallest absolute Gasteiger partial charge is 0.271 e. The molecule has 0 saturated heterocycles. The monoisotopic (exact) mass is 511 g/mol. The highest BCUT2D eigenvalue weighted by Gasteiger charge is 2.15. The number of nitro groups is 1. The summed E-state index contributed by atoms with van der Waals surface area (Å²) in [4.78, 5) is 22.9. The fourth-order valence-electron chi connectivity index (χ4n) is 2.69. The summed E-state index contributed by atoms with van der Waals surface area (Å²) in [5.41, 5.74) is 1.21. The third kappa shape index (κ3) is 5.94. The zero-order chi connectivity index (χ0) is 23.1. The lowest BCUT2D eigenvalue weighted by Gasteiger charge is -2.09. The molecule has 1 N–H and O–H groups in total. The molecule has 0 aliphatic heterocycles. The van der Waals surface area contributed by atoms with Crippen molar-refractivity contribution in [3.8, 4) is 11.8 Å². The van der Waals surface area contributed by atoms with Crippen LogP contribution >= 0.6 is 27.5 Å². The van der Waals surface area contributed by atoms with Gasteiger partial charge in [0, 0.05) is 12.1 Å². The first-order valence-electron chi connectivity index (χ1n) is 9.20. The summed E-state index contributed by atoms with van der Waals surface area (Å²) in [5.74, 6) is -0.132. The van der Waals surface area contributed by atoms with E-state index in [4.69, 9.17) is 16.3 Å². The van der Waals surface area contributed by atoms with Gasteiger partial charge in [-0.15, -0.1) is 0 Å². The van der Waals surface area contributed by atoms with E-state index in [-0.39, 0.29) is 22.0 Å². The quantitative estimate of drug-likeness (QED) is 0.177. The van der Waals surface area contributed by atoms with Crippen molar-refractivity contribution in [2.24, 2.45) is 0 Å². The molecule has 0 aromatic heterocycles. The maximum absolute atomic E-state index is 12.5. The number of halogens is 2. The van der Waals surface area contributed by atoms with Gasteiger partial charge in [-0.2, -0.15) is 5.26 Å². The third-order valence-corrected chi connectivity index (χ3v) is 5.23. The van der Waals surface area contributed by atoms with Gasteiger partial charge in [-0.25, -0.2) is 0 Å². The predicted molar refractivity (Wildman–Crippen MR) is 125 cm³/mol. The molecule has 0 aliphatic rings. The van der Waals surface area contributed by atoms with Crippen LogP contribution < -0.4 is 10.1 Å². The fourth-order valence-corrected chi connectivity index (χ4v) is 3.36. The third-order valence-electron chi connectivity index (χ3n) is 4.28. The lowest BCUT2D eigenvalue weighted by Crippen LogP contribution is -2.14. The summed E-state index contributed by atoms with van der Waals surface area (Å²) in [5, 5.41) is 22.9. The normalized spacial score (nSPS) is 10.8. The second-order valence-corrected chi connectivity index (χ2v) is 7.77. The van der Waals surface area contributed by atoms with Crippen LogP contribution in [0, 0.1) is 21.4 Å². The van der Waals surface area contributed by atoms with Crippen molar-refractivity contribution < 1.29 is 14.5 Å². The van der Waals surface area contributed by atoms with E-state index in [2.05, 4.69) is 21.2 Å². The molecule has 0 fully saturated rings. The van der Waals surface area contributed by atoms with Crippen LogP contribution in [0.3, 0.4) is 0 Å². The predicted octanol–water partition coefficient (Wildman–Crippen LogP) is 6.14. The summed E-state index contributed by atoms with van der Waals surface area (Å²) in [6.07, 6.45) is 1.40. The van der Waals surface area contributed by atoms with Gasteiger partial charge in [0.2, 0.25) is 0 Å². The van der Waals surface area contributed by atoms with Crippen molar-refractivity contribution in [2.45, 2.75) is 6.61 Å². The van der Waals surface area contributed by atoms with Crippen LogP contribution in [-0.4, -0.2) is 10.8 Å². The molecule has 3 aromatic carbocycles. The van der Waals surface area contributed by atoms with Crippen molar-refractivity contribution in [3.05, 3.63) is 103 Å². The number of non-ortho nitro benzene ring substituents is 1. The number of rotatable bonds is 7. The van der Waals surface area contributed by atoms with Gasteiger partial charge in [-0.3, -0.25) is 14.9 Å². The zero-order valence-electron chi connectivity index (χ0n) is 16.4. The van der Waals surface area contributed by atoms with E-state index < -0.39 is 10.8 Å². The Hall–Kier alpha value is -3.67. The van der Waals surface area contributed by atoms with Crippen molar-refractivity contribution in [1.82, 2.24) is 0 Å². The average molecular weight is 513 g/mol. The van der Waals surface area contributed by atoms with Crippen LogP contribution in [0.25, 0.3) is 6.08 Å². The Morgan fingerprint density at radius 3 is 2.59 bits per heavy atom. The Balaban J connectivity index is 1.75. The number of anilines is 1. The molecule has 0 saturated carbocycles. The van der Waals surface area contributed by atoms with Crippen LogP contribution in [0.1, 0.15) is 11.1 Å². The highest BCUT2D eigenvalue weighted by atomic mass is 79.9. The minimum Gasteiger partial charge on any atom is -0.488 e. The maximum Gasteiger partial charge on any atom is 0.271 e. The van der Waals surface area contributed by atoms with Gasteiger partial charge >= 0.3 is 0 Å². The van der Waals surface area contributed by atoms with Crippen LogP contribution in [0.15, 0.2) is 76.8 Å². The lowest BCUT2D eigenvalue weighted by atomic mass is 10.1. The molecule has 32 heavy (non-hydrogen) atoms. The summed E-state index contributed by atoms with van der Waals surface area (Å²) < 4.78 is 6.45. The number of nitriles is 1. The molecule has 0 bridgehead atoms. The number of nitrogens with zero attached hydrogens (tertiary/aromatic N) is 2. The highest BCUT2D eigenvalue weighted by molar-refractivity contribution is 9.10. The number of hydrogen-bond acceptors (Lipinski definition) is 5. The second kappa shape index (κ2) is 10.6. The van der Waals surface area contributed by atoms with Crippen LogP contribution in [0.5, 0.6) is 5.75 Å². The van der Waals surface area contributed by atoms with Crippen LogP contribution in [-0.2, 0) is 11.4 Å².